The summed E-state index contributed by atoms with van der Waals surface area (Å²) in [7, 11) is 0. The second-order valence-corrected chi connectivity index (χ2v) is 3.60. The maximum Gasteiger partial charge on any atom is 0.174 e. The molecule has 2 aromatic rings. The molecule has 88 valence electrons. The first-order valence-electron chi connectivity index (χ1n) is 4.94. The predicted octanol–water partition coefficient (Wildman–Crippen LogP) is 0.374. The van der Waals surface area contributed by atoms with E-state index in [4.69, 9.17) is 10.9 Å². The van der Waals surface area contributed by atoms with E-state index in [1.807, 2.05) is 19.9 Å². The number of aromatic nitrogens is 4. The zero-order valence-electron chi connectivity index (χ0n) is 9.49. The number of pyridine rings is 1. The van der Waals surface area contributed by atoms with Crippen molar-refractivity contribution in [1.82, 2.24) is 19.7 Å². The number of hydrogen-bond donors (Lipinski definition) is 2. The first kappa shape index (κ1) is 11.1. The van der Waals surface area contributed by atoms with Gasteiger partial charge in [0.2, 0.25) is 0 Å². The summed E-state index contributed by atoms with van der Waals surface area (Å²) in [6, 6.07) is 1.85. The van der Waals surface area contributed by atoms with Crippen molar-refractivity contribution in [2.24, 2.45) is 10.9 Å². The summed E-state index contributed by atoms with van der Waals surface area (Å²) < 4.78 is 1.48. The SMILES string of the molecule is Cc1cc(C)c(C(N)=NO)c(-n2cncn2)n1. The van der Waals surface area contributed by atoms with Crippen LogP contribution in [-0.4, -0.2) is 30.8 Å². The summed E-state index contributed by atoms with van der Waals surface area (Å²) >= 11 is 0. The van der Waals surface area contributed by atoms with Crippen molar-refractivity contribution in [3.8, 4) is 5.82 Å². The fourth-order valence-electron chi connectivity index (χ4n) is 1.67. The minimum Gasteiger partial charge on any atom is -0.409 e. The van der Waals surface area contributed by atoms with Gasteiger partial charge < -0.3 is 10.9 Å². The standard InChI is InChI=1S/C10H12N6O/c1-6-3-7(2)14-10(8(6)9(11)15-17)16-5-12-4-13-16/h3-5,17H,1-2H3,(H2,11,15). The highest BCUT2D eigenvalue weighted by Gasteiger charge is 2.15. The Morgan fingerprint density at radius 1 is 1.47 bits per heavy atom. The molecule has 0 saturated carbocycles. The zero-order chi connectivity index (χ0) is 12.4. The lowest BCUT2D eigenvalue weighted by Crippen LogP contribution is -2.19. The quantitative estimate of drug-likeness (QED) is 0.337. The molecule has 0 atom stereocenters. The Labute approximate surface area is 97.6 Å². The van der Waals surface area contributed by atoms with Gasteiger partial charge in [0, 0.05) is 5.69 Å². The van der Waals surface area contributed by atoms with Gasteiger partial charge in [-0.3, -0.25) is 0 Å². The number of rotatable bonds is 2. The number of amidine groups is 1. The van der Waals surface area contributed by atoms with E-state index in [0.29, 0.717) is 11.4 Å². The normalized spacial score (nSPS) is 11.8. The summed E-state index contributed by atoms with van der Waals surface area (Å²) in [6.07, 6.45) is 2.91. The smallest absolute Gasteiger partial charge is 0.174 e. The van der Waals surface area contributed by atoms with Gasteiger partial charge in [0.25, 0.3) is 0 Å². The van der Waals surface area contributed by atoms with Gasteiger partial charge in [0.05, 0.1) is 5.56 Å². The number of nitrogens with zero attached hydrogens (tertiary/aromatic N) is 5. The maximum atomic E-state index is 8.79. The Hall–Kier alpha value is -2.44. The number of nitrogens with two attached hydrogens (primary N) is 1. The molecule has 2 rings (SSSR count). The Morgan fingerprint density at radius 2 is 2.24 bits per heavy atom. The van der Waals surface area contributed by atoms with Gasteiger partial charge in [-0.25, -0.2) is 14.6 Å². The predicted molar refractivity (Wildman–Crippen MR) is 61.1 cm³/mol. The third-order valence-electron chi connectivity index (χ3n) is 2.33. The lowest BCUT2D eigenvalue weighted by molar-refractivity contribution is 0.318. The Morgan fingerprint density at radius 3 is 2.82 bits per heavy atom. The fraction of sp³-hybridized carbons (Fsp3) is 0.200. The largest absolute Gasteiger partial charge is 0.409 e. The van der Waals surface area contributed by atoms with E-state index in [-0.39, 0.29) is 5.84 Å². The molecule has 7 nitrogen and oxygen atoms in total. The summed E-state index contributed by atoms with van der Waals surface area (Å²) in [5.74, 6) is 0.496. The first-order valence-corrected chi connectivity index (χ1v) is 4.94. The lowest BCUT2D eigenvalue weighted by atomic mass is 10.1. The molecule has 0 aliphatic rings. The highest BCUT2D eigenvalue weighted by atomic mass is 16.4. The van der Waals surface area contributed by atoms with Gasteiger partial charge in [-0.15, -0.1) is 0 Å². The Kier molecular flexibility index (Phi) is 2.73. The molecular weight excluding hydrogens is 220 g/mol. The van der Waals surface area contributed by atoms with Crippen LogP contribution in [0.15, 0.2) is 23.9 Å². The van der Waals surface area contributed by atoms with Gasteiger partial charge in [-0.2, -0.15) is 5.10 Å². The molecular formula is C10H12N6O. The molecule has 2 aromatic heterocycles. The minimum absolute atomic E-state index is 0.000463. The molecule has 0 fully saturated rings. The number of aryl methyl sites for hydroxylation is 2. The highest BCUT2D eigenvalue weighted by molar-refractivity contribution is 6.01. The summed E-state index contributed by atoms with van der Waals surface area (Å²) in [4.78, 5) is 8.19. The number of hydrogen-bond acceptors (Lipinski definition) is 5. The molecule has 0 amide bonds. The van der Waals surface area contributed by atoms with Crippen LogP contribution in [0.2, 0.25) is 0 Å². The molecule has 3 N–H and O–H groups in total. The first-order chi connectivity index (χ1) is 8.13. The molecule has 0 bridgehead atoms. The lowest BCUT2D eigenvalue weighted by Gasteiger charge is -2.11. The van der Waals surface area contributed by atoms with E-state index in [1.54, 1.807) is 0 Å². The molecule has 0 aromatic carbocycles. The van der Waals surface area contributed by atoms with Crippen molar-refractivity contribution in [2.75, 3.05) is 0 Å². The van der Waals surface area contributed by atoms with Crippen LogP contribution in [0, 0.1) is 13.8 Å². The van der Waals surface area contributed by atoms with E-state index in [1.165, 1.54) is 17.3 Å². The molecule has 2 heterocycles. The van der Waals surface area contributed by atoms with Crippen LogP contribution < -0.4 is 5.73 Å². The average Bonchev–Trinajstić information content (AvgIpc) is 2.80. The monoisotopic (exact) mass is 232 g/mol. The summed E-state index contributed by atoms with van der Waals surface area (Å²) in [6.45, 7) is 3.73. The summed E-state index contributed by atoms with van der Waals surface area (Å²) in [5, 5.41) is 15.8. The minimum atomic E-state index is 0.000463. The second-order valence-electron chi connectivity index (χ2n) is 3.60. The van der Waals surface area contributed by atoms with Crippen molar-refractivity contribution in [3.05, 3.63) is 35.5 Å². The molecule has 0 spiro atoms. The van der Waals surface area contributed by atoms with Crippen molar-refractivity contribution >= 4 is 5.84 Å². The topological polar surface area (TPSA) is 102 Å². The molecule has 0 saturated heterocycles. The molecule has 7 heteroatoms. The van der Waals surface area contributed by atoms with Crippen molar-refractivity contribution in [1.29, 1.82) is 0 Å². The Bertz CT molecular complexity index is 560. The van der Waals surface area contributed by atoms with E-state index in [2.05, 4.69) is 20.2 Å². The molecule has 0 radical (unpaired) electrons. The number of oxime groups is 1. The fourth-order valence-corrected chi connectivity index (χ4v) is 1.67. The Balaban J connectivity index is 2.72. The van der Waals surface area contributed by atoms with Crippen molar-refractivity contribution in [3.63, 3.8) is 0 Å². The van der Waals surface area contributed by atoms with Crippen molar-refractivity contribution in [2.45, 2.75) is 13.8 Å². The van der Waals surface area contributed by atoms with Crippen LogP contribution in [0.25, 0.3) is 5.82 Å². The van der Waals surface area contributed by atoms with Crippen LogP contribution >= 0.6 is 0 Å². The van der Waals surface area contributed by atoms with E-state index < -0.39 is 0 Å². The van der Waals surface area contributed by atoms with Gasteiger partial charge >= 0.3 is 0 Å². The van der Waals surface area contributed by atoms with Crippen LogP contribution in [-0.2, 0) is 0 Å². The highest BCUT2D eigenvalue weighted by Crippen LogP contribution is 2.16. The second kappa shape index (κ2) is 4.20. The van der Waals surface area contributed by atoms with Gasteiger partial charge in [-0.1, -0.05) is 5.16 Å². The third-order valence-corrected chi connectivity index (χ3v) is 2.33. The summed E-state index contributed by atoms with van der Waals surface area (Å²) in [5.41, 5.74) is 7.88. The molecule has 0 aliphatic carbocycles. The maximum absolute atomic E-state index is 8.79. The van der Waals surface area contributed by atoms with Gasteiger partial charge in [-0.05, 0) is 25.5 Å². The van der Waals surface area contributed by atoms with Crippen LogP contribution in [0.4, 0.5) is 0 Å². The van der Waals surface area contributed by atoms with E-state index in [9.17, 15) is 0 Å². The molecule has 17 heavy (non-hydrogen) atoms. The van der Waals surface area contributed by atoms with E-state index in [0.717, 1.165) is 11.3 Å². The molecule has 0 aliphatic heterocycles. The molecule has 0 unspecified atom stereocenters. The zero-order valence-corrected chi connectivity index (χ0v) is 9.49. The van der Waals surface area contributed by atoms with Crippen molar-refractivity contribution < 1.29 is 5.21 Å². The van der Waals surface area contributed by atoms with Crippen LogP contribution in [0.5, 0.6) is 0 Å². The van der Waals surface area contributed by atoms with E-state index >= 15 is 0 Å². The van der Waals surface area contributed by atoms with Crippen LogP contribution in [0.3, 0.4) is 0 Å². The third kappa shape index (κ3) is 1.94. The average molecular weight is 232 g/mol. The van der Waals surface area contributed by atoms with Crippen LogP contribution in [0.1, 0.15) is 16.8 Å². The van der Waals surface area contributed by atoms with Gasteiger partial charge in [0.15, 0.2) is 11.7 Å². The van der Waals surface area contributed by atoms with Gasteiger partial charge in [0.1, 0.15) is 12.7 Å².